The first-order valence-electron chi connectivity index (χ1n) is 11.4. The molecule has 2 N–H and O–H groups in total. The summed E-state index contributed by atoms with van der Waals surface area (Å²) in [5.74, 6) is -0.244. The standard InChI is InChI=1S/C26H31N3O2S/c1-18-8-6-9-19(2)29(18)15-7-14-27-25(30)21-12-13-23-22(17-21)28-26(31)24(32-23)16-20-10-4-3-5-11-20/h3-5,10-13,16-19H,6-9,14-15H2,1-2H3,(H,27,30)(H,28,31)/b24-16-/t18-,19+. The summed E-state index contributed by atoms with van der Waals surface area (Å²) in [4.78, 5) is 29.3. The maximum absolute atomic E-state index is 12.6. The maximum Gasteiger partial charge on any atom is 0.262 e. The molecule has 0 unspecified atom stereocenters. The predicted octanol–water partition coefficient (Wildman–Crippen LogP) is 5.15. The number of amides is 2. The van der Waals surface area contributed by atoms with E-state index in [2.05, 4.69) is 29.4 Å². The van der Waals surface area contributed by atoms with Crippen LogP contribution >= 0.6 is 11.8 Å². The quantitative estimate of drug-likeness (QED) is 0.473. The molecule has 2 amide bonds. The molecular weight excluding hydrogens is 418 g/mol. The first-order chi connectivity index (χ1) is 15.5. The van der Waals surface area contributed by atoms with Gasteiger partial charge in [-0.25, -0.2) is 0 Å². The van der Waals surface area contributed by atoms with Gasteiger partial charge in [-0.15, -0.1) is 0 Å². The number of nitrogens with one attached hydrogen (secondary N) is 2. The second-order valence-electron chi connectivity index (χ2n) is 8.66. The summed E-state index contributed by atoms with van der Waals surface area (Å²) in [6, 6.07) is 16.5. The molecule has 2 aliphatic rings. The first-order valence-corrected chi connectivity index (χ1v) is 12.3. The third kappa shape index (κ3) is 5.43. The fourth-order valence-corrected chi connectivity index (χ4v) is 5.42. The number of rotatable bonds is 6. The van der Waals surface area contributed by atoms with Gasteiger partial charge in [0.25, 0.3) is 11.8 Å². The Kier molecular flexibility index (Phi) is 7.33. The van der Waals surface area contributed by atoms with Crippen LogP contribution in [-0.2, 0) is 4.79 Å². The Labute approximate surface area is 194 Å². The van der Waals surface area contributed by atoms with Crippen LogP contribution in [0.5, 0.6) is 0 Å². The summed E-state index contributed by atoms with van der Waals surface area (Å²) in [6.07, 6.45) is 6.65. The van der Waals surface area contributed by atoms with Crippen molar-refractivity contribution in [1.82, 2.24) is 10.2 Å². The number of hydrogen-bond acceptors (Lipinski definition) is 4. The molecule has 1 saturated heterocycles. The lowest BCUT2D eigenvalue weighted by Gasteiger charge is -2.39. The molecule has 0 saturated carbocycles. The monoisotopic (exact) mass is 449 g/mol. The van der Waals surface area contributed by atoms with Crippen LogP contribution in [0.15, 0.2) is 58.3 Å². The molecule has 5 nitrogen and oxygen atoms in total. The van der Waals surface area contributed by atoms with Crippen LogP contribution < -0.4 is 10.6 Å². The van der Waals surface area contributed by atoms with Crippen molar-refractivity contribution in [2.75, 3.05) is 18.4 Å². The molecular formula is C26H31N3O2S. The third-order valence-electron chi connectivity index (χ3n) is 6.29. The number of nitrogens with zero attached hydrogens (tertiary/aromatic N) is 1. The van der Waals surface area contributed by atoms with E-state index in [0.717, 1.165) is 23.4 Å². The lowest BCUT2D eigenvalue weighted by molar-refractivity contribution is -0.112. The van der Waals surface area contributed by atoms with Gasteiger partial charge in [0.05, 0.1) is 10.6 Å². The van der Waals surface area contributed by atoms with E-state index in [0.29, 0.717) is 34.8 Å². The van der Waals surface area contributed by atoms with Crippen LogP contribution in [0.4, 0.5) is 5.69 Å². The van der Waals surface area contributed by atoms with Crippen LogP contribution in [-0.4, -0.2) is 41.9 Å². The minimum Gasteiger partial charge on any atom is -0.352 e. The van der Waals surface area contributed by atoms with Crippen LogP contribution in [0.25, 0.3) is 6.08 Å². The van der Waals surface area contributed by atoms with Gasteiger partial charge in [0.15, 0.2) is 0 Å². The van der Waals surface area contributed by atoms with Crippen molar-refractivity contribution in [3.8, 4) is 0 Å². The normalized spacial score (nSPS) is 22.3. The molecule has 6 heteroatoms. The van der Waals surface area contributed by atoms with E-state index in [9.17, 15) is 9.59 Å². The van der Waals surface area contributed by atoms with E-state index >= 15 is 0 Å². The number of hydrogen-bond donors (Lipinski definition) is 2. The third-order valence-corrected chi connectivity index (χ3v) is 7.38. The molecule has 2 aromatic rings. The molecule has 32 heavy (non-hydrogen) atoms. The molecule has 168 valence electrons. The predicted molar refractivity (Wildman–Crippen MR) is 132 cm³/mol. The second-order valence-corrected chi connectivity index (χ2v) is 9.75. The van der Waals surface area contributed by atoms with Gasteiger partial charge in [-0.05, 0) is 62.9 Å². The first kappa shape index (κ1) is 22.6. The van der Waals surface area contributed by atoms with Gasteiger partial charge in [0.1, 0.15) is 0 Å². The zero-order valence-electron chi connectivity index (χ0n) is 18.8. The Bertz CT molecular complexity index is 995. The highest BCUT2D eigenvalue weighted by atomic mass is 32.2. The Morgan fingerprint density at radius 3 is 2.66 bits per heavy atom. The van der Waals surface area contributed by atoms with E-state index in [1.165, 1.54) is 31.0 Å². The average molecular weight is 450 g/mol. The molecule has 0 spiro atoms. The molecule has 0 radical (unpaired) electrons. The van der Waals surface area contributed by atoms with Gasteiger partial charge in [0.2, 0.25) is 0 Å². The minimum atomic E-state index is -0.145. The number of piperidine rings is 1. The van der Waals surface area contributed by atoms with Crippen molar-refractivity contribution in [2.24, 2.45) is 0 Å². The molecule has 0 bridgehead atoms. The molecule has 2 aromatic carbocycles. The van der Waals surface area contributed by atoms with Gasteiger partial charge in [-0.1, -0.05) is 48.5 Å². The fraction of sp³-hybridized carbons (Fsp3) is 0.385. The minimum absolute atomic E-state index is 0.0996. The number of fused-ring (bicyclic) bond motifs is 1. The SMILES string of the molecule is C[C@@H]1CCC[C@H](C)N1CCCNC(=O)c1ccc2c(c1)NC(=O)/C(=C/c1ccccc1)S2. The zero-order valence-corrected chi connectivity index (χ0v) is 19.6. The molecule has 2 aliphatic heterocycles. The van der Waals surface area contributed by atoms with Crippen molar-refractivity contribution < 1.29 is 9.59 Å². The van der Waals surface area contributed by atoms with Crippen LogP contribution in [0, 0.1) is 0 Å². The highest BCUT2D eigenvalue weighted by molar-refractivity contribution is 8.04. The Hall–Kier alpha value is -2.57. The van der Waals surface area contributed by atoms with E-state index in [1.807, 2.05) is 48.5 Å². The Morgan fingerprint density at radius 2 is 1.91 bits per heavy atom. The van der Waals surface area contributed by atoms with Crippen molar-refractivity contribution in [1.29, 1.82) is 0 Å². The number of carbonyl (C=O) groups excluding carboxylic acids is 2. The summed E-state index contributed by atoms with van der Waals surface area (Å²) in [6.45, 7) is 6.26. The molecule has 2 heterocycles. The van der Waals surface area contributed by atoms with E-state index in [4.69, 9.17) is 0 Å². The van der Waals surface area contributed by atoms with Gasteiger partial charge in [-0.3, -0.25) is 14.5 Å². The smallest absolute Gasteiger partial charge is 0.262 e. The zero-order chi connectivity index (χ0) is 22.5. The van der Waals surface area contributed by atoms with Crippen LogP contribution in [0.2, 0.25) is 0 Å². The Balaban J connectivity index is 1.33. The highest BCUT2D eigenvalue weighted by Crippen LogP contribution is 2.39. The van der Waals surface area contributed by atoms with Gasteiger partial charge in [0, 0.05) is 35.6 Å². The van der Waals surface area contributed by atoms with Crippen LogP contribution in [0.1, 0.15) is 55.5 Å². The summed E-state index contributed by atoms with van der Waals surface area (Å²) in [7, 11) is 0. The summed E-state index contributed by atoms with van der Waals surface area (Å²) in [5.41, 5.74) is 2.24. The topological polar surface area (TPSA) is 61.4 Å². The largest absolute Gasteiger partial charge is 0.352 e. The Morgan fingerprint density at radius 1 is 1.16 bits per heavy atom. The highest BCUT2D eigenvalue weighted by Gasteiger charge is 2.24. The summed E-state index contributed by atoms with van der Waals surface area (Å²) in [5, 5.41) is 5.96. The van der Waals surface area contributed by atoms with E-state index in [1.54, 1.807) is 6.07 Å². The molecule has 1 fully saturated rings. The van der Waals surface area contributed by atoms with E-state index in [-0.39, 0.29) is 11.8 Å². The van der Waals surface area contributed by atoms with Crippen molar-refractivity contribution in [2.45, 2.75) is 56.5 Å². The van der Waals surface area contributed by atoms with Crippen LogP contribution in [0.3, 0.4) is 0 Å². The van der Waals surface area contributed by atoms with Crippen molar-refractivity contribution >= 4 is 35.3 Å². The molecule has 4 rings (SSSR count). The number of anilines is 1. The van der Waals surface area contributed by atoms with Gasteiger partial charge >= 0.3 is 0 Å². The summed E-state index contributed by atoms with van der Waals surface area (Å²) < 4.78 is 0. The number of carbonyl (C=O) groups is 2. The average Bonchev–Trinajstić information content (AvgIpc) is 2.79. The maximum atomic E-state index is 12.6. The van der Waals surface area contributed by atoms with Gasteiger partial charge < -0.3 is 10.6 Å². The molecule has 0 aromatic heterocycles. The second kappa shape index (κ2) is 10.4. The number of thioether (sulfide) groups is 1. The number of likely N-dealkylation sites (tertiary alicyclic amines) is 1. The van der Waals surface area contributed by atoms with Crippen molar-refractivity contribution in [3.05, 3.63) is 64.6 Å². The summed E-state index contributed by atoms with van der Waals surface area (Å²) >= 11 is 1.43. The molecule has 2 atom stereocenters. The lowest BCUT2D eigenvalue weighted by Crippen LogP contribution is -2.44. The number of benzene rings is 2. The van der Waals surface area contributed by atoms with Gasteiger partial charge in [-0.2, -0.15) is 0 Å². The lowest BCUT2D eigenvalue weighted by atomic mass is 9.97. The molecule has 0 aliphatic carbocycles. The van der Waals surface area contributed by atoms with E-state index < -0.39 is 0 Å². The fourth-order valence-electron chi connectivity index (χ4n) is 4.48. The van der Waals surface area contributed by atoms with Crippen molar-refractivity contribution in [3.63, 3.8) is 0 Å².